The van der Waals surface area contributed by atoms with Gasteiger partial charge < -0.3 is 15.2 Å². The molecule has 0 aliphatic carbocycles. The van der Waals surface area contributed by atoms with Gasteiger partial charge in [0.2, 0.25) is 5.91 Å². The number of hydrogen-bond acceptors (Lipinski definition) is 4. The van der Waals surface area contributed by atoms with Gasteiger partial charge in [-0.25, -0.2) is 9.18 Å². The molecule has 1 atom stereocenters. The lowest BCUT2D eigenvalue weighted by Crippen LogP contribution is -2.22. The first kappa shape index (κ1) is 19.6. The number of hydrogen-bond donors (Lipinski definition) is 2. The number of thiophene rings is 1. The fraction of sp³-hybridized carbons (Fsp3) is 0.143. The molecule has 1 unspecified atom stereocenters. The maximum Gasteiger partial charge on any atom is 0.346 e. The largest absolute Gasteiger partial charge is 0.496 e. The van der Waals surface area contributed by atoms with Gasteiger partial charge in [-0.05, 0) is 35.9 Å². The minimum Gasteiger partial charge on any atom is -0.496 e. The van der Waals surface area contributed by atoms with Crippen LogP contribution in [0.25, 0.3) is 11.1 Å². The molecular formula is C21H15BrFNO4S. The van der Waals surface area contributed by atoms with Crippen LogP contribution in [-0.2, 0) is 4.79 Å². The van der Waals surface area contributed by atoms with Crippen molar-refractivity contribution >= 4 is 44.8 Å². The zero-order valence-corrected chi connectivity index (χ0v) is 17.6. The van der Waals surface area contributed by atoms with Crippen LogP contribution in [0.1, 0.15) is 32.5 Å². The van der Waals surface area contributed by atoms with Gasteiger partial charge in [-0.2, -0.15) is 0 Å². The van der Waals surface area contributed by atoms with Crippen molar-refractivity contribution in [1.82, 2.24) is 0 Å². The second-order valence-electron chi connectivity index (χ2n) is 6.55. The molecule has 5 nitrogen and oxygen atoms in total. The summed E-state index contributed by atoms with van der Waals surface area (Å²) in [7, 11) is 1.55. The quantitative estimate of drug-likeness (QED) is 0.522. The van der Waals surface area contributed by atoms with Gasteiger partial charge in [0.1, 0.15) is 16.4 Å². The van der Waals surface area contributed by atoms with Gasteiger partial charge in [-0.1, -0.05) is 28.1 Å². The van der Waals surface area contributed by atoms with Crippen molar-refractivity contribution in [2.45, 2.75) is 12.3 Å². The number of carboxylic acid groups (broad SMARTS) is 1. The van der Waals surface area contributed by atoms with Gasteiger partial charge in [0.25, 0.3) is 0 Å². The normalized spacial score (nSPS) is 15.6. The number of halogens is 2. The number of carbonyl (C=O) groups is 2. The number of fused-ring (bicyclic) bond motifs is 1. The highest BCUT2D eigenvalue weighted by molar-refractivity contribution is 9.10. The number of benzene rings is 2. The summed E-state index contributed by atoms with van der Waals surface area (Å²) in [5.41, 5.74) is 2.18. The van der Waals surface area contributed by atoms with Gasteiger partial charge >= 0.3 is 5.97 Å². The lowest BCUT2D eigenvalue weighted by molar-refractivity contribution is -0.116. The van der Waals surface area contributed by atoms with Crippen LogP contribution in [0.3, 0.4) is 0 Å². The second-order valence-corrected chi connectivity index (χ2v) is 8.52. The van der Waals surface area contributed by atoms with Crippen LogP contribution in [0.4, 0.5) is 10.1 Å². The molecule has 0 bridgehead atoms. The van der Waals surface area contributed by atoms with Gasteiger partial charge in [-0.15, -0.1) is 11.3 Å². The fourth-order valence-corrected chi connectivity index (χ4v) is 5.17. The van der Waals surface area contributed by atoms with Crippen molar-refractivity contribution < 1.29 is 23.8 Å². The van der Waals surface area contributed by atoms with Crippen molar-refractivity contribution in [3.05, 3.63) is 68.1 Å². The van der Waals surface area contributed by atoms with Crippen LogP contribution >= 0.6 is 27.3 Å². The zero-order chi connectivity index (χ0) is 20.7. The van der Waals surface area contributed by atoms with Crippen molar-refractivity contribution in [3.8, 4) is 16.9 Å². The van der Waals surface area contributed by atoms with E-state index < -0.39 is 11.8 Å². The number of ether oxygens (including phenoxy) is 1. The smallest absolute Gasteiger partial charge is 0.346 e. The summed E-state index contributed by atoms with van der Waals surface area (Å²) in [6, 6.07) is 11.1. The lowest BCUT2D eigenvalue weighted by atomic mass is 9.88. The van der Waals surface area contributed by atoms with E-state index in [1.165, 1.54) is 24.3 Å². The third-order valence-electron chi connectivity index (χ3n) is 4.80. The molecule has 3 aromatic rings. The summed E-state index contributed by atoms with van der Waals surface area (Å²) in [5, 5.41) is 12.6. The Morgan fingerprint density at radius 3 is 2.66 bits per heavy atom. The van der Waals surface area contributed by atoms with E-state index in [1.807, 2.05) is 12.1 Å². The van der Waals surface area contributed by atoms with E-state index in [0.29, 0.717) is 22.6 Å². The molecule has 1 aliphatic rings. The Hall–Kier alpha value is -2.71. The highest BCUT2D eigenvalue weighted by atomic mass is 79.9. The summed E-state index contributed by atoms with van der Waals surface area (Å²) in [6.07, 6.45) is 0.169. The first-order valence-corrected chi connectivity index (χ1v) is 10.3. The first-order chi connectivity index (χ1) is 13.9. The molecule has 1 amide bonds. The molecule has 8 heteroatoms. The molecule has 0 saturated heterocycles. The Labute approximate surface area is 178 Å². The van der Waals surface area contributed by atoms with Crippen LogP contribution in [-0.4, -0.2) is 24.1 Å². The molecule has 4 rings (SSSR count). The van der Waals surface area contributed by atoms with E-state index in [4.69, 9.17) is 4.74 Å². The zero-order valence-electron chi connectivity index (χ0n) is 15.2. The summed E-state index contributed by atoms with van der Waals surface area (Å²) in [4.78, 5) is 25.4. The van der Waals surface area contributed by atoms with Gasteiger partial charge in [0, 0.05) is 32.8 Å². The highest BCUT2D eigenvalue weighted by Crippen LogP contribution is 2.51. The monoisotopic (exact) mass is 475 g/mol. The van der Waals surface area contributed by atoms with Gasteiger partial charge in [0.05, 0.1) is 12.8 Å². The van der Waals surface area contributed by atoms with Crippen LogP contribution in [0.5, 0.6) is 5.75 Å². The van der Waals surface area contributed by atoms with E-state index in [9.17, 15) is 19.1 Å². The molecule has 2 heterocycles. The molecule has 29 heavy (non-hydrogen) atoms. The van der Waals surface area contributed by atoms with Crippen LogP contribution in [0.2, 0.25) is 0 Å². The molecular weight excluding hydrogens is 461 g/mol. The Bertz CT molecular complexity index is 1130. The second kappa shape index (κ2) is 7.61. The van der Waals surface area contributed by atoms with E-state index in [0.717, 1.165) is 26.3 Å². The highest BCUT2D eigenvalue weighted by Gasteiger charge is 2.35. The summed E-state index contributed by atoms with van der Waals surface area (Å²) in [5.74, 6) is -1.48. The first-order valence-electron chi connectivity index (χ1n) is 8.68. The third kappa shape index (κ3) is 3.54. The number of aromatic carboxylic acids is 1. The lowest BCUT2D eigenvalue weighted by Gasteiger charge is -2.25. The van der Waals surface area contributed by atoms with E-state index in [-0.39, 0.29) is 23.1 Å². The van der Waals surface area contributed by atoms with Gasteiger partial charge in [0.15, 0.2) is 0 Å². The summed E-state index contributed by atoms with van der Waals surface area (Å²) < 4.78 is 19.7. The topological polar surface area (TPSA) is 75.6 Å². The molecule has 2 aromatic carbocycles. The fourth-order valence-electron chi connectivity index (χ4n) is 3.56. The average molecular weight is 476 g/mol. The van der Waals surface area contributed by atoms with Crippen molar-refractivity contribution in [2.75, 3.05) is 12.4 Å². The van der Waals surface area contributed by atoms with Crippen molar-refractivity contribution in [2.24, 2.45) is 0 Å². The van der Waals surface area contributed by atoms with Gasteiger partial charge in [-0.3, -0.25) is 4.79 Å². The third-order valence-corrected chi connectivity index (χ3v) is 6.58. The molecule has 0 fully saturated rings. The molecule has 2 N–H and O–H groups in total. The molecule has 148 valence electrons. The molecule has 0 saturated carbocycles. The minimum atomic E-state index is -1.10. The van der Waals surface area contributed by atoms with Crippen LogP contribution in [0.15, 0.2) is 46.9 Å². The number of rotatable bonds is 4. The maximum atomic E-state index is 13.4. The Morgan fingerprint density at radius 1 is 1.28 bits per heavy atom. The predicted octanol–water partition coefficient (Wildman–Crippen LogP) is 5.50. The molecule has 1 aliphatic heterocycles. The molecule has 0 spiro atoms. The SMILES string of the molecule is COc1ccc(Br)cc1C1CC(=O)Nc2c1sc(C(=O)O)c2-c1ccc(F)cc1. The number of anilines is 1. The summed E-state index contributed by atoms with van der Waals surface area (Å²) >= 11 is 4.57. The Morgan fingerprint density at radius 2 is 2.00 bits per heavy atom. The Balaban J connectivity index is 1.96. The number of carboxylic acids is 1. The van der Waals surface area contributed by atoms with Crippen molar-refractivity contribution in [3.63, 3.8) is 0 Å². The molecule has 0 radical (unpaired) electrons. The van der Waals surface area contributed by atoms with Crippen LogP contribution in [0, 0.1) is 5.82 Å². The number of carbonyl (C=O) groups excluding carboxylic acids is 1. The molecule has 1 aromatic heterocycles. The maximum absolute atomic E-state index is 13.4. The standard InChI is InChI=1S/C21H15BrFNO4S/c1-28-15-7-4-11(22)8-13(15)14-9-16(25)24-18-17(10-2-5-12(23)6-3-10)20(21(26)27)29-19(14)18/h2-8,14H,9H2,1H3,(H,24,25)(H,26,27). The van der Waals surface area contributed by atoms with E-state index >= 15 is 0 Å². The van der Waals surface area contributed by atoms with E-state index in [1.54, 1.807) is 13.2 Å². The average Bonchev–Trinajstić information content (AvgIpc) is 3.07. The minimum absolute atomic E-state index is 0.0998. The number of amides is 1. The van der Waals surface area contributed by atoms with Crippen LogP contribution < -0.4 is 10.1 Å². The predicted molar refractivity (Wildman–Crippen MR) is 112 cm³/mol. The Kier molecular flexibility index (Phi) is 5.14. The number of methoxy groups -OCH3 is 1. The van der Waals surface area contributed by atoms with E-state index in [2.05, 4.69) is 21.2 Å². The number of nitrogens with one attached hydrogen (secondary N) is 1. The van der Waals surface area contributed by atoms with Crippen molar-refractivity contribution in [1.29, 1.82) is 0 Å². The summed E-state index contributed by atoms with van der Waals surface area (Å²) in [6.45, 7) is 0.